The molecule has 0 aliphatic carbocycles. The van der Waals surface area contributed by atoms with Crippen molar-refractivity contribution in [2.24, 2.45) is 0 Å². The number of hydrogen-bond acceptors (Lipinski definition) is 3. The predicted octanol–water partition coefficient (Wildman–Crippen LogP) is 7.47. The fraction of sp³-hybridized carbons (Fsp3) is 0.545. The van der Waals surface area contributed by atoms with Gasteiger partial charge in [0.25, 0.3) is 0 Å². The summed E-state index contributed by atoms with van der Waals surface area (Å²) in [5.74, 6) is -10.9. The van der Waals surface area contributed by atoms with Crippen molar-refractivity contribution in [3.05, 3.63) is 36.4 Å². The van der Waals surface area contributed by atoms with E-state index in [1.54, 1.807) is 4.90 Å². The van der Waals surface area contributed by atoms with E-state index in [2.05, 4.69) is 43.3 Å². The summed E-state index contributed by atoms with van der Waals surface area (Å²) in [7, 11) is -7.03. The van der Waals surface area contributed by atoms with Gasteiger partial charge >= 0.3 is 33.4 Å². The third-order valence-corrected chi connectivity index (χ3v) is 9.10. The fourth-order valence-electron chi connectivity index (χ4n) is 3.33. The van der Waals surface area contributed by atoms with Crippen LogP contribution in [0.25, 0.3) is 10.8 Å². The SMILES string of the molecule is CCCCOc1ccc2cc([SH]3CCCC3)ccc2c1.O=S(=O)(O)C(F)(F)C(F)(F)C(F)(F)C(F)(F)F. The van der Waals surface area contributed by atoms with Gasteiger partial charge in [-0.3, -0.25) is 4.55 Å². The average molecular weight is 589 g/mol. The lowest BCUT2D eigenvalue weighted by Gasteiger charge is -2.31. The standard InChI is InChI=1S/C18H24OS.C4HF9O3S/c1-2-3-10-19-17-8-6-16-14-18(9-7-15(16)13-17)20-11-4-5-12-20;5-1(6,3(9,10)11)2(7,8)4(12,13)17(14,15)16/h6-9,13-14,20H,2-5,10-12H2,1H3;(H,14,15,16). The van der Waals surface area contributed by atoms with Crippen LogP contribution < -0.4 is 4.74 Å². The van der Waals surface area contributed by atoms with Gasteiger partial charge in [-0.25, -0.2) is 10.9 Å². The van der Waals surface area contributed by atoms with Crippen LogP contribution in [0.3, 0.4) is 0 Å². The molecule has 1 N–H and O–H groups in total. The summed E-state index contributed by atoms with van der Waals surface area (Å²) >= 11 is 0. The zero-order chi connectivity index (χ0) is 28.3. The molecule has 3 rings (SSSR count). The Bertz CT molecular complexity index is 1160. The number of rotatable bonds is 8. The number of thiol groups is 1. The van der Waals surface area contributed by atoms with Gasteiger partial charge < -0.3 is 4.74 Å². The normalized spacial score (nSPS) is 16.5. The highest BCUT2D eigenvalue weighted by Crippen LogP contribution is 2.54. The molecule has 2 aromatic carbocycles. The summed E-state index contributed by atoms with van der Waals surface area (Å²) in [6, 6.07) is 13.5. The Morgan fingerprint density at radius 3 is 1.92 bits per heavy atom. The monoisotopic (exact) mass is 588 g/mol. The molecule has 212 valence electrons. The van der Waals surface area contributed by atoms with Crippen molar-refractivity contribution >= 4 is 31.8 Å². The van der Waals surface area contributed by atoms with Gasteiger partial charge in [-0.15, -0.1) is 0 Å². The molecule has 1 aliphatic heterocycles. The molecular weight excluding hydrogens is 563 g/mol. The first-order valence-electron chi connectivity index (χ1n) is 11.0. The van der Waals surface area contributed by atoms with E-state index >= 15 is 0 Å². The molecule has 0 bridgehead atoms. The van der Waals surface area contributed by atoms with Crippen molar-refractivity contribution in [1.29, 1.82) is 0 Å². The number of unbranched alkanes of at least 4 members (excludes halogenated alkanes) is 1. The summed E-state index contributed by atoms with van der Waals surface area (Å²) in [5, 5.41) is -4.34. The number of fused-ring (bicyclic) bond motifs is 1. The van der Waals surface area contributed by atoms with E-state index in [1.807, 2.05) is 0 Å². The van der Waals surface area contributed by atoms with Crippen LogP contribution in [0.2, 0.25) is 0 Å². The second-order valence-corrected chi connectivity index (χ2v) is 12.2. The van der Waals surface area contributed by atoms with Gasteiger partial charge in [0, 0.05) is 0 Å². The Morgan fingerprint density at radius 2 is 1.41 bits per heavy atom. The number of benzene rings is 2. The first kappa shape index (κ1) is 31.3. The molecule has 2 aromatic rings. The number of ether oxygens (including phenoxy) is 1. The Morgan fingerprint density at radius 1 is 0.865 bits per heavy atom. The fourth-order valence-corrected chi connectivity index (χ4v) is 6.34. The molecule has 0 saturated carbocycles. The highest BCUT2D eigenvalue weighted by molar-refractivity contribution is 8.17. The topological polar surface area (TPSA) is 63.6 Å². The molecule has 1 heterocycles. The Kier molecular flexibility index (Phi) is 9.72. The highest BCUT2D eigenvalue weighted by Gasteiger charge is 2.85. The van der Waals surface area contributed by atoms with E-state index in [0.29, 0.717) is 0 Å². The maximum Gasteiger partial charge on any atom is 0.460 e. The van der Waals surface area contributed by atoms with E-state index in [1.165, 1.54) is 41.5 Å². The molecule has 0 aromatic heterocycles. The number of alkyl halides is 9. The smallest absolute Gasteiger partial charge is 0.460 e. The molecule has 0 spiro atoms. The quantitative estimate of drug-likeness (QED) is 0.145. The molecule has 1 fully saturated rings. The van der Waals surface area contributed by atoms with Gasteiger partial charge in [0.15, 0.2) is 0 Å². The van der Waals surface area contributed by atoms with Crippen molar-refractivity contribution in [3.8, 4) is 5.75 Å². The Hall–Kier alpha value is -1.87. The van der Waals surface area contributed by atoms with E-state index in [-0.39, 0.29) is 10.9 Å². The molecule has 37 heavy (non-hydrogen) atoms. The van der Waals surface area contributed by atoms with Gasteiger partial charge in [0.05, 0.1) is 6.61 Å². The van der Waals surface area contributed by atoms with Crippen molar-refractivity contribution in [1.82, 2.24) is 0 Å². The van der Waals surface area contributed by atoms with Gasteiger partial charge in [-0.05, 0) is 70.7 Å². The molecule has 0 radical (unpaired) electrons. The minimum absolute atomic E-state index is 0.136. The molecule has 15 heteroatoms. The van der Waals surface area contributed by atoms with Gasteiger partial charge in [-0.1, -0.05) is 25.5 Å². The van der Waals surface area contributed by atoms with Crippen molar-refractivity contribution in [2.75, 3.05) is 18.1 Å². The Labute approximate surface area is 210 Å². The van der Waals surface area contributed by atoms with Crippen molar-refractivity contribution in [3.63, 3.8) is 0 Å². The van der Waals surface area contributed by atoms with Crippen molar-refractivity contribution < 1.29 is 57.2 Å². The molecular formula is C22H25F9O4S2. The zero-order valence-corrected chi connectivity index (χ0v) is 21.1. The summed E-state index contributed by atoms with van der Waals surface area (Å²) in [6.45, 7) is 3.02. The molecule has 1 aliphatic rings. The maximum atomic E-state index is 12.2. The molecule has 0 atom stereocenters. The average Bonchev–Trinajstić information content (AvgIpc) is 3.32. The van der Waals surface area contributed by atoms with Crippen LogP contribution in [-0.4, -0.2) is 54.4 Å². The van der Waals surface area contributed by atoms with Crippen LogP contribution >= 0.6 is 10.9 Å². The molecule has 0 amide bonds. The van der Waals surface area contributed by atoms with E-state index in [0.717, 1.165) is 18.8 Å². The van der Waals surface area contributed by atoms with Crippen molar-refractivity contribution in [2.45, 2.75) is 60.8 Å². The van der Waals surface area contributed by atoms with Crippen LogP contribution in [0.5, 0.6) is 5.75 Å². The van der Waals surface area contributed by atoms with Crippen LogP contribution in [-0.2, 0) is 10.1 Å². The molecule has 1 saturated heterocycles. The van der Waals surface area contributed by atoms with Crippen LogP contribution in [0, 0.1) is 0 Å². The third kappa shape index (κ3) is 6.77. The van der Waals surface area contributed by atoms with Gasteiger partial charge in [0.2, 0.25) is 0 Å². The lowest BCUT2D eigenvalue weighted by atomic mass is 10.1. The Balaban J connectivity index is 0.000000265. The number of hydrogen-bond donors (Lipinski definition) is 2. The maximum absolute atomic E-state index is 12.2. The lowest BCUT2D eigenvalue weighted by Crippen LogP contribution is -2.63. The largest absolute Gasteiger partial charge is 0.494 e. The van der Waals surface area contributed by atoms with E-state index in [4.69, 9.17) is 9.29 Å². The lowest BCUT2D eigenvalue weighted by molar-refractivity contribution is -0.382. The third-order valence-electron chi connectivity index (χ3n) is 5.47. The number of halogens is 9. The summed E-state index contributed by atoms with van der Waals surface area (Å²) < 4.78 is 140. The minimum atomic E-state index is -7.37. The zero-order valence-electron chi connectivity index (χ0n) is 19.3. The second kappa shape index (κ2) is 11.5. The first-order chi connectivity index (χ1) is 16.9. The summed E-state index contributed by atoms with van der Waals surface area (Å²) in [4.78, 5) is 1.59. The van der Waals surface area contributed by atoms with Crippen LogP contribution in [0.4, 0.5) is 39.5 Å². The molecule has 0 unspecified atom stereocenters. The van der Waals surface area contributed by atoms with Gasteiger partial charge in [0.1, 0.15) is 5.75 Å². The van der Waals surface area contributed by atoms with Crippen LogP contribution in [0.1, 0.15) is 32.6 Å². The summed E-state index contributed by atoms with van der Waals surface area (Å²) in [5.41, 5.74) is 0. The summed E-state index contributed by atoms with van der Waals surface area (Å²) in [6.07, 6.45) is -1.98. The van der Waals surface area contributed by atoms with E-state index in [9.17, 15) is 47.9 Å². The molecule has 4 nitrogen and oxygen atoms in total. The predicted molar refractivity (Wildman–Crippen MR) is 123 cm³/mol. The van der Waals surface area contributed by atoms with E-state index < -0.39 is 33.4 Å². The van der Waals surface area contributed by atoms with Gasteiger partial charge in [-0.2, -0.15) is 47.9 Å². The first-order valence-corrected chi connectivity index (χ1v) is 14.1. The second-order valence-electron chi connectivity index (χ2n) is 8.23. The minimum Gasteiger partial charge on any atom is -0.494 e. The van der Waals surface area contributed by atoms with Crippen LogP contribution in [0.15, 0.2) is 41.3 Å². The highest BCUT2D eigenvalue weighted by atomic mass is 32.2.